The molecule has 0 fully saturated rings. The molecule has 22 heavy (non-hydrogen) atoms. The van der Waals surface area contributed by atoms with Crippen molar-refractivity contribution < 1.29 is 13.7 Å². The van der Waals surface area contributed by atoms with Crippen LogP contribution >= 0.6 is 0 Å². The van der Waals surface area contributed by atoms with E-state index in [1.807, 2.05) is 31.2 Å². The van der Waals surface area contributed by atoms with Crippen LogP contribution in [0.1, 0.15) is 5.69 Å². The molecule has 0 spiro atoms. The number of aromatic nitrogens is 2. The molecular weight excluding hydrogens is 284 g/mol. The van der Waals surface area contributed by atoms with E-state index < -0.39 is 5.63 Å². The number of nitrogens with one attached hydrogen (secondary N) is 1. The van der Waals surface area contributed by atoms with Gasteiger partial charge in [0, 0.05) is 5.56 Å². The van der Waals surface area contributed by atoms with Gasteiger partial charge in [-0.15, -0.1) is 0 Å². The molecule has 0 unspecified atom stereocenters. The number of nitrogens with zero attached hydrogens (tertiary/aromatic N) is 1. The van der Waals surface area contributed by atoms with E-state index in [0.717, 1.165) is 28.0 Å². The first-order valence-electron chi connectivity index (χ1n) is 6.72. The second-order valence-electron chi connectivity index (χ2n) is 5.01. The average Bonchev–Trinajstić information content (AvgIpc) is 3.10. The molecule has 0 radical (unpaired) electrons. The summed E-state index contributed by atoms with van der Waals surface area (Å²) in [5.74, 6) is 0.746. The van der Waals surface area contributed by atoms with Crippen LogP contribution in [0.3, 0.4) is 0 Å². The maximum atomic E-state index is 12.1. The van der Waals surface area contributed by atoms with Crippen molar-refractivity contribution in [3.63, 3.8) is 0 Å². The van der Waals surface area contributed by atoms with E-state index in [1.54, 1.807) is 7.11 Å². The third kappa shape index (κ3) is 1.67. The SMILES string of the molecule is COc1ccc(-c2c3c(C)[nH]oc3nc3coc(=O)c23)cc1. The van der Waals surface area contributed by atoms with Gasteiger partial charge in [-0.3, -0.25) is 0 Å². The Morgan fingerprint density at radius 1 is 1.18 bits per heavy atom. The predicted octanol–water partition coefficient (Wildman–Crippen LogP) is 3.25. The number of hydrogen-bond donors (Lipinski definition) is 1. The molecule has 0 aliphatic heterocycles. The van der Waals surface area contributed by atoms with Gasteiger partial charge in [-0.25, -0.2) is 14.9 Å². The molecule has 3 aromatic heterocycles. The number of furan rings is 1. The zero-order valence-electron chi connectivity index (χ0n) is 12.0. The van der Waals surface area contributed by atoms with E-state index in [-0.39, 0.29) is 0 Å². The van der Waals surface area contributed by atoms with Crippen LogP contribution in [0.2, 0.25) is 0 Å². The highest BCUT2D eigenvalue weighted by atomic mass is 16.5. The third-order valence-corrected chi connectivity index (χ3v) is 3.73. The molecule has 110 valence electrons. The molecule has 1 N–H and O–H groups in total. The van der Waals surface area contributed by atoms with E-state index in [1.165, 1.54) is 6.26 Å². The molecule has 0 aliphatic rings. The zero-order valence-corrected chi connectivity index (χ0v) is 12.0. The van der Waals surface area contributed by atoms with Crippen LogP contribution in [-0.4, -0.2) is 17.3 Å². The summed E-state index contributed by atoms with van der Waals surface area (Å²) in [6, 6.07) is 7.48. The summed E-state index contributed by atoms with van der Waals surface area (Å²) in [6.07, 6.45) is 1.35. The lowest BCUT2D eigenvalue weighted by atomic mass is 9.99. The fourth-order valence-corrected chi connectivity index (χ4v) is 2.69. The van der Waals surface area contributed by atoms with Crippen LogP contribution in [0.25, 0.3) is 33.1 Å². The second-order valence-corrected chi connectivity index (χ2v) is 5.01. The fraction of sp³-hybridized carbons (Fsp3) is 0.125. The average molecular weight is 296 g/mol. The molecule has 6 nitrogen and oxygen atoms in total. The highest BCUT2D eigenvalue weighted by Crippen LogP contribution is 2.35. The van der Waals surface area contributed by atoms with Crippen molar-refractivity contribution in [2.45, 2.75) is 6.92 Å². The van der Waals surface area contributed by atoms with Gasteiger partial charge in [0.2, 0.25) is 0 Å². The van der Waals surface area contributed by atoms with Gasteiger partial charge in [0.1, 0.15) is 17.5 Å². The quantitative estimate of drug-likeness (QED) is 0.614. The summed E-state index contributed by atoms with van der Waals surface area (Å²) >= 11 is 0. The van der Waals surface area contributed by atoms with E-state index in [4.69, 9.17) is 13.7 Å². The number of H-pyrrole nitrogens is 1. The lowest BCUT2D eigenvalue weighted by molar-refractivity contribution is 0.415. The van der Waals surface area contributed by atoms with Crippen LogP contribution in [0, 0.1) is 6.92 Å². The number of pyridine rings is 1. The number of aryl methyl sites for hydroxylation is 1. The third-order valence-electron chi connectivity index (χ3n) is 3.73. The summed E-state index contributed by atoms with van der Waals surface area (Å²) < 4.78 is 15.6. The maximum Gasteiger partial charge on any atom is 0.346 e. The Morgan fingerprint density at radius 2 is 1.95 bits per heavy atom. The molecule has 0 amide bonds. The topological polar surface area (TPSA) is 81.3 Å². The van der Waals surface area contributed by atoms with E-state index in [0.29, 0.717) is 16.6 Å². The van der Waals surface area contributed by atoms with Crippen LogP contribution in [0.4, 0.5) is 0 Å². The number of methoxy groups -OCH3 is 1. The van der Waals surface area contributed by atoms with Crippen LogP contribution in [-0.2, 0) is 0 Å². The molecular formula is C16H12N2O4. The molecule has 6 heteroatoms. The summed E-state index contributed by atoms with van der Waals surface area (Å²) in [7, 11) is 1.61. The highest BCUT2D eigenvalue weighted by molar-refractivity contribution is 6.08. The predicted molar refractivity (Wildman–Crippen MR) is 81.1 cm³/mol. The van der Waals surface area contributed by atoms with Crippen molar-refractivity contribution in [2.24, 2.45) is 0 Å². The van der Waals surface area contributed by atoms with Crippen LogP contribution in [0.5, 0.6) is 5.75 Å². The van der Waals surface area contributed by atoms with Gasteiger partial charge in [0.05, 0.1) is 23.6 Å². The van der Waals surface area contributed by atoms with E-state index >= 15 is 0 Å². The minimum absolute atomic E-state index is 0.407. The Balaban J connectivity index is 2.17. The number of fused-ring (bicyclic) bond motifs is 2. The Bertz CT molecular complexity index is 1040. The molecule has 0 saturated carbocycles. The van der Waals surface area contributed by atoms with Crippen molar-refractivity contribution in [1.29, 1.82) is 0 Å². The van der Waals surface area contributed by atoms with Crippen molar-refractivity contribution in [3.8, 4) is 16.9 Å². The molecule has 0 saturated heterocycles. The molecule has 0 atom stereocenters. The molecule has 0 aliphatic carbocycles. The van der Waals surface area contributed by atoms with Gasteiger partial charge in [0.25, 0.3) is 5.71 Å². The first kappa shape index (κ1) is 12.7. The summed E-state index contributed by atoms with van der Waals surface area (Å²) in [4.78, 5) is 16.4. The van der Waals surface area contributed by atoms with Crippen molar-refractivity contribution in [3.05, 3.63) is 46.6 Å². The Labute approximate surface area is 124 Å². The lowest BCUT2D eigenvalue weighted by Crippen LogP contribution is -1.96. The minimum atomic E-state index is -0.407. The lowest BCUT2D eigenvalue weighted by Gasteiger charge is -2.06. The zero-order chi connectivity index (χ0) is 15.3. The molecule has 1 aromatic carbocycles. The normalized spacial score (nSPS) is 11.4. The van der Waals surface area contributed by atoms with E-state index in [9.17, 15) is 4.79 Å². The number of ether oxygens (including phenoxy) is 1. The van der Waals surface area contributed by atoms with Crippen LogP contribution in [0.15, 0.2) is 44.3 Å². The summed E-state index contributed by atoms with van der Waals surface area (Å²) in [5, 5.41) is 4.03. The minimum Gasteiger partial charge on any atom is -0.497 e. The molecule has 4 rings (SSSR count). The van der Waals surface area contributed by atoms with E-state index in [2.05, 4.69) is 10.1 Å². The van der Waals surface area contributed by atoms with Gasteiger partial charge >= 0.3 is 5.63 Å². The maximum absolute atomic E-state index is 12.1. The second kappa shape index (κ2) is 4.49. The first-order valence-corrected chi connectivity index (χ1v) is 6.72. The Morgan fingerprint density at radius 3 is 2.68 bits per heavy atom. The summed E-state index contributed by atoms with van der Waals surface area (Å²) in [6.45, 7) is 1.87. The molecule has 3 heterocycles. The van der Waals surface area contributed by atoms with Gasteiger partial charge in [-0.1, -0.05) is 12.1 Å². The smallest absolute Gasteiger partial charge is 0.346 e. The number of benzene rings is 1. The molecule has 0 bridgehead atoms. The van der Waals surface area contributed by atoms with Crippen molar-refractivity contribution in [1.82, 2.24) is 10.1 Å². The molecule has 4 aromatic rings. The highest BCUT2D eigenvalue weighted by Gasteiger charge is 2.20. The van der Waals surface area contributed by atoms with Crippen molar-refractivity contribution >= 4 is 22.0 Å². The summed E-state index contributed by atoms with van der Waals surface area (Å²) in [5.41, 5.74) is 2.94. The number of hydrogen-bond acceptors (Lipinski definition) is 5. The first-order chi connectivity index (χ1) is 10.7. The fourth-order valence-electron chi connectivity index (χ4n) is 2.69. The van der Waals surface area contributed by atoms with Crippen LogP contribution < -0.4 is 10.4 Å². The van der Waals surface area contributed by atoms with Gasteiger partial charge < -0.3 is 13.7 Å². The Kier molecular flexibility index (Phi) is 2.59. The van der Waals surface area contributed by atoms with Gasteiger partial charge in [-0.2, -0.15) is 0 Å². The van der Waals surface area contributed by atoms with Gasteiger partial charge in [-0.05, 0) is 24.6 Å². The Hall–Kier alpha value is -3.02. The standard InChI is InChI=1S/C16H12N2O4/c1-8-12-13(9-3-5-10(20-2)6-4-9)14-11(7-21-16(14)19)17-15(12)22-18-8/h3-7,18H,1-2H3. The van der Waals surface area contributed by atoms with Crippen molar-refractivity contribution in [2.75, 3.05) is 7.11 Å². The number of rotatable bonds is 2. The monoisotopic (exact) mass is 296 g/mol. The largest absolute Gasteiger partial charge is 0.497 e. The number of aromatic amines is 1. The van der Waals surface area contributed by atoms with Gasteiger partial charge in [0.15, 0.2) is 0 Å².